The van der Waals surface area contributed by atoms with Gasteiger partial charge in [-0.3, -0.25) is 14.4 Å². The maximum Gasteiger partial charge on any atom is 0.232 e. The maximum absolute atomic E-state index is 11.2. The monoisotopic (exact) mass is 219 g/mol. The standard InChI is InChI=1S/C11H9NO4/c13-5-7(14)6-16-10-3-1-2-9-8(10)4-11(15)12-9/h1-3,5H,4,6H2,(H,12,15). The van der Waals surface area contributed by atoms with Crippen molar-refractivity contribution in [3.05, 3.63) is 23.8 Å². The summed E-state index contributed by atoms with van der Waals surface area (Å²) in [5, 5.41) is 2.67. The van der Waals surface area contributed by atoms with Crippen LogP contribution in [0, 0.1) is 0 Å². The highest BCUT2D eigenvalue weighted by Crippen LogP contribution is 2.31. The molecule has 5 heteroatoms. The molecule has 0 radical (unpaired) electrons. The Morgan fingerprint density at radius 2 is 2.31 bits per heavy atom. The lowest BCUT2D eigenvalue weighted by atomic mass is 10.1. The van der Waals surface area contributed by atoms with Gasteiger partial charge in [0.15, 0.2) is 12.9 Å². The van der Waals surface area contributed by atoms with Crippen molar-refractivity contribution in [1.29, 1.82) is 0 Å². The van der Waals surface area contributed by atoms with E-state index < -0.39 is 5.78 Å². The fourth-order valence-electron chi connectivity index (χ4n) is 1.54. The summed E-state index contributed by atoms with van der Waals surface area (Å²) in [5.41, 5.74) is 1.42. The van der Waals surface area contributed by atoms with Gasteiger partial charge in [-0.1, -0.05) is 6.07 Å². The maximum atomic E-state index is 11.2. The second-order valence-corrected chi connectivity index (χ2v) is 3.38. The van der Waals surface area contributed by atoms with Crippen LogP contribution in [0.5, 0.6) is 5.75 Å². The van der Waals surface area contributed by atoms with E-state index in [0.717, 1.165) is 5.56 Å². The predicted molar refractivity (Wildman–Crippen MR) is 55.3 cm³/mol. The van der Waals surface area contributed by atoms with Crippen molar-refractivity contribution < 1.29 is 19.1 Å². The average molecular weight is 219 g/mol. The molecule has 1 aliphatic heterocycles. The van der Waals surface area contributed by atoms with E-state index in [1.807, 2.05) is 0 Å². The molecule has 16 heavy (non-hydrogen) atoms. The van der Waals surface area contributed by atoms with Crippen LogP contribution in [0.15, 0.2) is 18.2 Å². The molecule has 1 N–H and O–H groups in total. The lowest BCUT2D eigenvalue weighted by molar-refractivity contribution is -0.131. The van der Waals surface area contributed by atoms with Gasteiger partial charge in [-0.2, -0.15) is 0 Å². The Kier molecular flexibility index (Phi) is 2.68. The van der Waals surface area contributed by atoms with Gasteiger partial charge < -0.3 is 10.1 Å². The summed E-state index contributed by atoms with van der Waals surface area (Å²) in [7, 11) is 0. The number of amides is 1. The third-order valence-corrected chi connectivity index (χ3v) is 2.25. The fraction of sp³-hybridized carbons (Fsp3) is 0.182. The smallest absolute Gasteiger partial charge is 0.232 e. The van der Waals surface area contributed by atoms with Crippen LogP contribution in [0.2, 0.25) is 0 Å². The van der Waals surface area contributed by atoms with E-state index in [-0.39, 0.29) is 25.2 Å². The number of ketones is 1. The van der Waals surface area contributed by atoms with Gasteiger partial charge in [0, 0.05) is 11.3 Å². The van der Waals surface area contributed by atoms with Crippen LogP contribution in [-0.2, 0) is 20.8 Å². The molecular weight excluding hydrogens is 210 g/mol. The van der Waals surface area contributed by atoms with Crippen molar-refractivity contribution in [2.45, 2.75) is 6.42 Å². The molecule has 82 valence electrons. The first kappa shape index (κ1) is 10.4. The molecule has 5 nitrogen and oxygen atoms in total. The fourth-order valence-corrected chi connectivity index (χ4v) is 1.54. The quantitative estimate of drug-likeness (QED) is 0.585. The topological polar surface area (TPSA) is 72.5 Å². The zero-order valence-electron chi connectivity index (χ0n) is 8.36. The summed E-state index contributed by atoms with van der Waals surface area (Å²) in [6, 6.07) is 5.14. The molecule has 1 aliphatic rings. The number of nitrogens with one attached hydrogen (secondary N) is 1. The molecule has 0 saturated carbocycles. The first-order chi connectivity index (χ1) is 7.70. The Morgan fingerprint density at radius 3 is 3.06 bits per heavy atom. The van der Waals surface area contributed by atoms with Crippen LogP contribution in [0.3, 0.4) is 0 Å². The van der Waals surface area contributed by atoms with E-state index in [1.54, 1.807) is 18.2 Å². The lowest BCUT2D eigenvalue weighted by Crippen LogP contribution is -2.12. The molecule has 0 bridgehead atoms. The number of hydrogen-bond donors (Lipinski definition) is 1. The zero-order valence-corrected chi connectivity index (χ0v) is 8.36. The minimum absolute atomic E-state index is 0.104. The number of Topliss-reactive ketones (excluding diaryl/α,β-unsaturated/α-hetero) is 1. The molecule has 0 aliphatic carbocycles. The van der Waals surface area contributed by atoms with Crippen LogP contribution in [0.1, 0.15) is 5.56 Å². The molecule has 1 aromatic rings. The van der Waals surface area contributed by atoms with E-state index in [1.165, 1.54) is 0 Å². The van der Waals surface area contributed by atoms with Crippen molar-refractivity contribution in [3.63, 3.8) is 0 Å². The summed E-state index contributed by atoms with van der Waals surface area (Å²) in [6.45, 7) is -0.297. The van der Waals surface area contributed by atoms with Crippen LogP contribution < -0.4 is 10.1 Å². The third kappa shape index (κ3) is 1.93. The number of ether oxygens (including phenoxy) is 1. The van der Waals surface area contributed by atoms with Gasteiger partial charge in [-0.05, 0) is 12.1 Å². The van der Waals surface area contributed by atoms with Gasteiger partial charge in [0.25, 0.3) is 0 Å². The molecule has 0 saturated heterocycles. The van der Waals surface area contributed by atoms with Crippen molar-refractivity contribution in [2.75, 3.05) is 11.9 Å². The largest absolute Gasteiger partial charge is 0.485 e. The summed E-state index contributed by atoms with van der Waals surface area (Å²) in [5.74, 6) is -0.270. The minimum Gasteiger partial charge on any atom is -0.485 e. The second-order valence-electron chi connectivity index (χ2n) is 3.38. The van der Waals surface area contributed by atoms with Crippen molar-refractivity contribution in [2.24, 2.45) is 0 Å². The van der Waals surface area contributed by atoms with Gasteiger partial charge in [0.05, 0.1) is 6.42 Å². The van der Waals surface area contributed by atoms with E-state index in [0.29, 0.717) is 11.4 Å². The zero-order chi connectivity index (χ0) is 11.5. The van der Waals surface area contributed by atoms with Gasteiger partial charge in [0.1, 0.15) is 5.75 Å². The number of carbonyl (C=O) groups is 3. The molecule has 0 unspecified atom stereocenters. The van der Waals surface area contributed by atoms with E-state index in [2.05, 4.69) is 5.32 Å². The van der Waals surface area contributed by atoms with Gasteiger partial charge in [-0.25, -0.2) is 0 Å². The highest BCUT2D eigenvalue weighted by Gasteiger charge is 2.21. The van der Waals surface area contributed by atoms with Crippen LogP contribution in [0.25, 0.3) is 0 Å². The van der Waals surface area contributed by atoms with Crippen molar-refractivity contribution in [3.8, 4) is 5.75 Å². The molecule has 1 heterocycles. The third-order valence-electron chi connectivity index (χ3n) is 2.25. The normalized spacial score (nSPS) is 12.9. The molecule has 2 rings (SSSR count). The minimum atomic E-state index is -0.630. The number of fused-ring (bicyclic) bond motifs is 1. The lowest BCUT2D eigenvalue weighted by Gasteiger charge is -2.07. The molecule has 0 atom stereocenters. The van der Waals surface area contributed by atoms with Gasteiger partial charge >= 0.3 is 0 Å². The Balaban J connectivity index is 2.17. The van der Waals surface area contributed by atoms with Crippen LogP contribution >= 0.6 is 0 Å². The Labute approximate surface area is 91.4 Å². The molecule has 0 aromatic heterocycles. The Bertz CT molecular complexity index is 467. The summed E-state index contributed by atoms with van der Waals surface area (Å²) in [4.78, 5) is 32.0. The van der Waals surface area contributed by atoms with Gasteiger partial charge in [0.2, 0.25) is 11.7 Å². The second kappa shape index (κ2) is 4.14. The van der Waals surface area contributed by atoms with Crippen molar-refractivity contribution in [1.82, 2.24) is 0 Å². The average Bonchev–Trinajstić information content (AvgIpc) is 2.66. The summed E-state index contributed by atoms with van der Waals surface area (Å²) >= 11 is 0. The van der Waals surface area contributed by atoms with E-state index in [9.17, 15) is 14.4 Å². The molecule has 1 amide bonds. The summed E-state index contributed by atoms with van der Waals surface area (Å²) < 4.78 is 5.18. The SMILES string of the molecule is O=CC(=O)COc1cccc2c1CC(=O)N2. The number of rotatable bonds is 4. The van der Waals surface area contributed by atoms with E-state index >= 15 is 0 Å². The van der Waals surface area contributed by atoms with Crippen molar-refractivity contribution >= 4 is 23.7 Å². The molecule has 1 aromatic carbocycles. The number of benzene rings is 1. The predicted octanol–water partition coefficient (Wildman–Crippen LogP) is 0.328. The number of hydrogen-bond acceptors (Lipinski definition) is 4. The Morgan fingerprint density at radius 1 is 1.50 bits per heavy atom. The van der Waals surface area contributed by atoms with Crippen LogP contribution in [0.4, 0.5) is 5.69 Å². The molecular formula is C11H9NO4. The highest BCUT2D eigenvalue weighted by atomic mass is 16.5. The first-order valence-corrected chi connectivity index (χ1v) is 4.73. The van der Waals surface area contributed by atoms with Gasteiger partial charge in [-0.15, -0.1) is 0 Å². The first-order valence-electron chi connectivity index (χ1n) is 4.73. The number of anilines is 1. The number of carbonyl (C=O) groups excluding carboxylic acids is 3. The summed E-state index contributed by atoms with van der Waals surface area (Å²) in [6.07, 6.45) is 0.452. The molecule has 0 spiro atoms. The molecule has 0 fully saturated rings. The highest BCUT2D eigenvalue weighted by molar-refractivity contribution is 6.25. The van der Waals surface area contributed by atoms with Crippen LogP contribution in [-0.4, -0.2) is 24.6 Å². The van der Waals surface area contributed by atoms with E-state index in [4.69, 9.17) is 4.74 Å². The number of aldehydes is 1. The Hall–Kier alpha value is -2.17.